The Labute approximate surface area is 145 Å². The van der Waals surface area contributed by atoms with Crippen molar-refractivity contribution >= 4 is 11.9 Å². The highest BCUT2D eigenvalue weighted by atomic mass is 16.6. The molecule has 0 bridgehead atoms. The van der Waals surface area contributed by atoms with Crippen molar-refractivity contribution in [3.63, 3.8) is 0 Å². The zero-order chi connectivity index (χ0) is 17.6. The average molecular weight is 331 g/mol. The average Bonchev–Trinajstić information content (AvgIpc) is 2.99. The summed E-state index contributed by atoms with van der Waals surface area (Å²) in [4.78, 5) is 26.2. The summed E-state index contributed by atoms with van der Waals surface area (Å²) in [5.74, 6) is 0.200. The van der Waals surface area contributed by atoms with Gasteiger partial charge in [-0.2, -0.15) is 0 Å². The quantitative estimate of drug-likeness (QED) is 0.554. The molecule has 1 saturated heterocycles. The number of benzene rings is 1. The highest BCUT2D eigenvalue weighted by Gasteiger charge is 2.31. The van der Waals surface area contributed by atoms with Gasteiger partial charge in [0.15, 0.2) is 5.78 Å². The van der Waals surface area contributed by atoms with Gasteiger partial charge in [0.05, 0.1) is 0 Å². The molecule has 132 valence electrons. The predicted molar refractivity (Wildman–Crippen MR) is 95.2 cm³/mol. The molecule has 0 aliphatic carbocycles. The summed E-state index contributed by atoms with van der Waals surface area (Å²) in [6.45, 7) is 6.46. The Morgan fingerprint density at radius 3 is 2.54 bits per heavy atom. The largest absolute Gasteiger partial charge is 0.444 e. The van der Waals surface area contributed by atoms with Crippen molar-refractivity contribution in [3.05, 3.63) is 35.9 Å². The third-order valence-electron chi connectivity index (χ3n) is 4.29. The van der Waals surface area contributed by atoms with Gasteiger partial charge in [-0.3, -0.25) is 4.79 Å². The molecule has 0 spiro atoms. The van der Waals surface area contributed by atoms with Crippen LogP contribution in [-0.4, -0.2) is 35.0 Å². The Kier molecular flexibility index (Phi) is 6.41. The highest BCUT2D eigenvalue weighted by Crippen LogP contribution is 2.24. The lowest BCUT2D eigenvalue weighted by molar-refractivity contribution is 0.0218. The molecule has 1 aromatic carbocycles. The van der Waals surface area contributed by atoms with E-state index in [1.54, 1.807) is 0 Å². The maximum atomic E-state index is 12.2. The Balaban J connectivity index is 1.73. The molecule has 1 aromatic rings. The topological polar surface area (TPSA) is 46.6 Å². The van der Waals surface area contributed by atoms with Gasteiger partial charge in [-0.25, -0.2) is 4.79 Å². The van der Waals surface area contributed by atoms with Gasteiger partial charge in [0.1, 0.15) is 5.60 Å². The number of rotatable bonds is 6. The van der Waals surface area contributed by atoms with Gasteiger partial charge < -0.3 is 9.64 Å². The van der Waals surface area contributed by atoms with Crippen molar-refractivity contribution in [2.24, 2.45) is 0 Å². The highest BCUT2D eigenvalue weighted by molar-refractivity contribution is 5.95. The van der Waals surface area contributed by atoms with E-state index < -0.39 is 5.60 Å². The number of carbonyl (C=O) groups excluding carboxylic acids is 2. The second-order valence-corrected chi connectivity index (χ2v) is 7.50. The predicted octanol–water partition coefficient (Wildman–Crippen LogP) is 4.83. The monoisotopic (exact) mass is 331 g/mol. The fourth-order valence-corrected chi connectivity index (χ4v) is 3.13. The molecule has 2 rings (SSSR count). The second kappa shape index (κ2) is 8.32. The Bertz CT molecular complexity index is 548. The molecule has 0 unspecified atom stereocenters. The molecule has 4 heteroatoms. The number of hydrogen-bond donors (Lipinski definition) is 0. The third-order valence-corrected chi connectivity index (χ3v) is 4.29. The Morgan fingerprint density at radius 2 is 1.88 bits per heavy atom. The van der Waals surface area contributed by atoms with Gasteiger partial charge in [0.2, 0.25) is 0 Å². The van der Waals surface area contributed by atoms with E-state index in [1.165, 1.54) is 0 Å². The number of Topliss-reactive ketones (excluding diaryl/α,β-unsaturated/α-hetero) is 1. The van der Waals surface area contributed by atoms with Crippen LogP contribution in [0.5, 0.6) is 0 Å². The number of unbranched alkanes of at least 4 members (excludes halogenated alkanes) is 1. The van der Waals surface area contributed by atoms with Crippen molar-refractivity contribution in [1.29, 1.82) is 0 Å². The van der Waals surface area contributed by atoms with Gasteiger partial charge >= 0.3 is 6.09 Å². The minimum absolute atomic E-state index is 0.200. The number of hydrogen-bond acceptors (Lipinski definition) is 3. The molecule has 1 amide bonds. The Morgan fingerprint density at radius 1 is 1.17 bits per heavy atom. The van der Waals surface area contributed by atoms with Crippen molar-refractivity contribution < 1.29 is 14.3 Å². The molecule has 0 radical (unpaired) electrons. The van der Waals surface area contributed by atoms with Crippen LogP contribution in [0, 0.1) is 0 Å². The molecule has 1 aliphatic rings. The van der Waals surface area contributed by atoms with Crippen molar-refractivity contribution in [1.82, 2.24) is 4.90 Å². The zero-order valence-electron chi connectivity index (χ0n) is 15.1. The summed E-state index contributed by atoms with van der Waals surface area (Å²) in [6.07, 6.45) is 5.21. The lowest BCUT2D eigenvalue weighted by Crippen LogP contribution is -2.39. The van der Waals surface area contributed by atoms with Gasteiger partial charge in [-0.15, -0.1) is 0 Å². The number of amides is 1. The maximum Gasteiger partial charge on any atom is 0.410 e. The molecular formula is C20H29NO3. The number of nitrogens with zero attached hydrogens (tertiary/aromatic N) is 1. The van der Waals surface area contributed by atoms with Gasteiger partial charge in [0.25, 0.3) is 0 Å². The number of ether oxygens (including phenoxy) is 1. The van der Waals surface area contributed by atoms with E-state index in [0.29, 0.717) is 6.42 Å². The van der Waals surface area contributed by atoms with E-state index in [0.717, 1.165) is 44.2 Å². The van der Waals surface area contributed by atoms with Crippen LogP contribution in [0.2, 0.25) is 0 Å². The van der Waals surface area contributed by atoms with E-state index in [1.807, 2.05) is 56.0 Å². The minimum atomic E-state index is -0.452. The molecular weight excluding hydrogens is 302 g/mol. The number of likely N-dealkylation sites (tertiary alicyclic amines) is 1. The second-order valence-electron chi connectivity index (χ2n) is 7.50. The molecule has 1 fully saturated rings. The first-order valence-corrected chi connectivity index (χ1v) is 8.95. The van der Waals surface area contributed by atoms with Crippen molar-refractivity contribution in [2.75, 3.05) is 6.54 Å². The molecule has 0 saturated carbocycles. The summed E-state index contributed by atoms with van der Waals surface area (Å²) in [7, 11) is 0. The summed E-state index contributed by atoms with van der Waals surface area (Å²) in [5, 5.41) is 0. The van der Waals surface area contributed by atoms with Crippen molar-refractivity contribution in [3.8, 4) is 0 Å². The normalized spacial score (nSPS) is 17.8. The molecule has 1 atom stereocenters. The first-order valence-electron chi connectivity index (χ1n) is 8.95. The number of ketones is 1. The lowest BCUT2D eigenvalue weighted by Gasteiger charge is -2.28. The van der Waals surface area contributed by atoms with Crippen LogP contribution in [0.15, 0.2) is 30.3 Å². The maximum absolute atomic E-state index is 12.2. The fraction of sp³-hybridized carbons (Fsp3) is 0.600. The standard InChI is InChI=1S/C20H29NO3/c1-20(2,3)24-19(23)21-15-9-13-17(21)12-7-8-14-18(22)16-10-5-4-6-11-16/h4-6,10-11,17H,7-9,12-15H2,1-3H3/t17-/m1/s1. The SMILES string of the molecule is CC(C)(C)OC(=O)N1CCC[C@H]1CCCCC(=O)c1ccccc1. The fourth-order valence-electron chi connectivity index (χ4n) is 3.13. The smallest absolute Gasteiger partial charge is 0.410 e. The van der Waals surface area contributed by atoms with E-state index in [4.69, 9.17) is 4.74 Å². The van der Waals surface area contributed by atoms with E-state index >= 15 is 0 Å². The summed E-state index contributed by atoms with van der Waals surface area (Å²) >= 11 is 0. The molecule has 1 aliphatic heterocycles. The van der Waals surface area contributed by atoms with Gasteiger partial charge in [-0.05, 0) is 46.5 Å². The minimum Gasteiger partial charge on any atom is -0.444 e. The van der Waals surface area contributed by atoms with Crippen LogP contribution in [0.25, 0.3) is 0 Å². The van der Waals surface area contributed by atoms with E-state index in [-0.39, 0.29) is 17.9 Å². The third kappa shape index (κ3) is 5.66. The van der Waals surface area contributed by atoms with Gasteiger partial charge in [0, 0.05) is 24.6 Å². The molecule has 0 N–H and O–H groups in total. The van der Waals surface area contributed by atoms with Crippen molar-refractivity contribution in [2.45, 2.75) is 70.9 Å². The zero-order valence-corrected chi connectivity index (χ0v) is 15.1. The Hall–Kier alpha value is -1.84. The lowest BCUT2D eigenvalue weighted by atomic mass is 10.0. The van der Waals surface area contributed by atoms with Crippen LogP contribution >= 0.6 is 0 Å². The summed E-state index contributed by atoms with van der Waals surface area (Å²) < 4.78 is 5.49. The summed E-state index contributed by atoms with van der Waals surface area (Å²) in [5.41, 5.74) is 0.334. The van der Waals surface area contributed by atoms with Crippen LogP contribution in [0.3, 0.4) is 0 Å². The summed E-state index contributed by atoms with van der Waals surface area (Å²) in [6, 6.07) is 9.69. The van der Waals surface area contributed by atoms with E-state index in [9.17, 15) is 9.59 Å². The first kappa shape index (κ1) is 18.5. The molecule has 0 aromatic heterocycles. The number of carbonyl (C=O) groups is 2. The van der Waals surface area contributed by atoms with Crippen LogP contribution in [0.1, 0.15) is 69.7 Å². The molecule has 1 heterocycles. The molecule has 4 nitrogen and oxygen atoms in total. The van der Waals surface area contributed by atoms with Gasteiger partial charge in [-0.1, -0.05) is 36.8 Å². The van der Waals surface area contributed by atoms with Crippen LogP contribution < -0.4 is 0 Å². The first-order chi connectivity index (χ1) is 11.4. The molecule has 24 heavy (non-hydrogen) atoms. The van der Waals surface area contributed by atoms with Crippen LogP contribution in [0.4, 0.5) is 4.79 Å². The van der Waals surface area contributed by atoms with E-state index in [2.05, 4.69) is 0 Å². The van der Waals surface area contributed by atoms with Crippen LogP contribution in [-0.2, 0) is 4.74 Å².